The normalized spacial score (nSPS) is 21.9. The Kier molecular flexibility index (Phi) is 3.09. The van der Waals surface area contributed by atoms with Gasteiger partial charge in [-0.2, -0.15) is 0 Å². The van der Waals surface area contributed by atoms with E-state index < -0.39 is 5.66 Å². The number of nitrogens with one attached hydrogen (secondary N) is 1. The van der Waals surface area contributed by atoms with Gasteiger partial charge >= 0.3 is 0 Å². The van der Waals surface area contributed by atoms with Gasteiger partial charge in [-0.3, -0.25) is 9.79 Å². The second-order valence-electron chi connectivity index (χ2n) is 5.34. The summed E-state index contributed by atoms with van der Waals surface area (Å²) in [6.07, 6.45) is 6.21. The van der Waals surface area contributed by atoms with Crippen LogP contribution in [0.5, 0.6) is 0 Å². The SMILES string of the molecule is O=C1NC2(CCCCCC2)N=C1c1ccccc1F. The summed E-state index contributed by atoms with van der Waals surface area (Å²) in [6, 6.07) is 6.33. The molecule has 0 unspecified atom stereocenters. The fourth-order valence-corrected chi connectivity index (χ4v) is 2.95. The standard InChI is InChI=1S/C15H17FN2O/c16-12-8-4-3-7-11(12)13-14(19)18-15(17-13)9-5-1-2-6-10-15/h3-4,7-8H,1-2,5-6,9-10H2,(H,18,19). The Hall–Kier alpha value is -1.71. The summed E-state index contributed by atoms with van der Waals surface area (Å²) < 4.78 is 13.8. The van der Waals surface area contributed by atoms with Gasteiger partial charge in [-0.05, 0) is 37.8 Å². The molecule has 3 rings (SSSR count). The van der Waals surface area contributed by atoms with Crippen LogP contribution in [-0.2, 0) is 4.79 Å². The van der Waals surface area contributed by atoms with Gasteiger partial charge < -0.3 is 5.32 Å². The first-order valence-corrected chi connectivity index (χ1v) is 6.87. The van der Waals surface area contributed by atoms with E-state index in [1.54, 1.807) is 18.2 Å². The molecule has 1 aliphatic heterocycles. The average molecular weight is 260 g/mol. The van der Waals surface area contributed by atoms with Crippen LogP contribution in [0.2, 0.25) is 0 Å². The molecule has 1 saturated carbocycles. The van der Waals surface area contributed by atoms with Gasteiger partial charge in [0.1, 0.15) is 17.2 Å². The van der Waals surface area contributed by atoms with Crippen LogP contribution in [0.15, 0.2) is 29.3 Å². The number of benzene rings is 1. The van der Waals surface area contributed by atoms with Crippen molar-refractivity contribution in [2.24, 2.45) is 4.99 Å². The molecular formula is C15H17FN2O. The minimum absolute atomic E-state index is 0.244. The third-order valence-electron chi connectivity index (χ3n) is 3.95. The lowest BCUT2D eigenvalue weighted by Gasteiger charge is -2.24. The van der Waals surface area contributed by atoms with Crippen LogP contribution >= 0.6 is 0 Å². The van der Waals surface area contributed by atoms with Crippen molar-refractivity contribution in [2.45, 2.75) is 44.2 Å². The molecule has 2 aliphatic rings. The Balaban J connectivity index is 1.97. The lowest BCUT2D eigenvalue weighted by Crippen LogP contribution is -2.42. The quantitative estimate of drug-likeness (QED) is 0.828. The van der Waals surface area contributed by atoms with E-state index in [1.807, 2.05) is 0 Å². The van der Waals surface area contributed by atoms with Crippen molar-refractivity contribution in [1.29, 1.82) is 0 Å². The molecule has 0 atom stereocenters. The maximum atomic E-state index is 13.8. The number of nitrogens with zero attached hydrogens (tertiary/aromatic N) is 1. The largest absolute Gasteiger partial charge is 0.326 e. The predicted octanol–water partition coefficient (Wildman–Crippen LogP) is 2.80. The van der Waals surface area contributed by atoms with Crippen molar-refractivity contribution in [3.63, 3.8) is 0 Å². The molecule has 3 nitrogen and oxygen atoms in total. The van der Waals surface area contributed by atoms with Crippen LogP contribution in [0, 0.1) is 5.82 Å². The smallest absolute Gasteiger partial charge is 0.272 e. The number of carbonyl (C=O) groups excluding carboxylic acids is 1. The summed E-state index contributed by atoms with van der Waals surface area (Å²) in [5.41, 5.74) is 0.0756. The maximum absolute atomic E-state index is 13.8. The number of hydrogen-bond acceptors (Lipinski definition) is 2. The second kappa shape index (κ2) is 4.76. The third kappa shape index (κ3) is 2.27. The van der Waals surface area contributed by atoms with E-state index in [-0.39, 0.29) is 17.4 Å². The number of carbonyl (C=O) groups is 1. The number of aliphatic imine (C=N–C) groups is 1. The molecule has 0 aromatic heterocycles. The van der Waals surface area contributed by atoms with Gasteiger partial charge in [0.15, 0.2) is 0 Å². The number of rotatable bonds is 1. The molecule has 1 spiro atoms. The van der Waals surface area contributed by atoms with E-state index in [0.717, 1.165) is 25.7 Å². The predicted molar refractivity (Wildman–Crippen MR) is 71.5 cm³/mol. The van der Waals surface area contributed by atoms with E-state index in [9.17, 15) is 9.18 Å². The topological polar surface area (TPSA) is 41.5 Å². The monoisotopic (exact) mass is 260 g/mol. The lowest BCUT2D eigenvalue weighted by molar-refractivity contribution is -0.115. The Morgan fingerprint density at radius 1 is 1.11 bits per heavy atom. The summed E-state index contributed by atoms with van der Waals surface area (Å²) in [6.45, 7) is 0. The van der Waals surface area contributed by atoms with Crippen molar-refractivity contribution in [2.75, 3.05) is 0 Å². The minimum Gasteiger partial charge on any atom is -0.326 e. The Morgan fingerprint density at radius 2 is 1.79 bits per heavy atom. The first-order chi connectivity index (χ1) is 9.20. The van der Waals surface area contributed by atoms with Crippen LogP contribution in [0.1, 0.15) is 44.1 Å². The first kappa shape index (κ1) is 12.3. The molecule has 1 aromatic rings. The van der Waals surface area contributed by atoms with Gasteiger partial charge in [-0.1, -0.05) is 25.0 Å². The number of amides is 1. The van der Waals surface area contributed by atoms with Crippen LogP contribution in [-0.4, -0.2) is 17.3 Å². The summed E-state index contributed by atoms with van der Waals surface area (Å²) in [5.74, 6) is -0.630. The van der Waals surface area contributed by atoms with E-state index in [2.05, 4.69) is 10.3 Å². The molecule has 1 N–H and O–H groups in total. The zero-order chi connectivity index (χ0) is 13.3. The van der Waals surface area contributed by atoms with Crippen molar-refractivity contribution >= 4 is 11.6 Å². The van der Waals surface area contributed by atoms with Gasteiger partial charge in [-0.15, -0.1) is 0 Å². The van der Waals surface area contributed by atoms with Crippen molar-refractivity contribution in [3.8, 4) is 0 Å². The molecule has 4 heteroatoms. The highest BCUT2D eigenvalue weighted by Crippen LogP contribution is 2.32. The maximum Gasteiger partial charge on any atom is 0.272 e. The molecule has 1 aromatic carbocycles. The Morgan fingerprint density at radius 3 is 2.47 bits per heavy atom. The Labute approximate surface area is 111 Å². The number of halogens is 1. The van der Waals surface area contributed by atoms with Gasteiger partial charge in [0, 0.05) is 5.56 Å². The lowest BCUT2D eigenvalue weighted by atomic mass is 10.0. The van der Waals surface area contributed by atoms with Gasteiger partial charge in [0.25, 0.3) is 5.91 Å². The molecule has 0 radical (unpaired) electrons. The van der Waals surface area contributed by atoms with E-state index >= 15 is 0 Å². The summed E-state index contributed by atoms with van der Waals surface area (Å²) >= 11 is 0. The van der Waals surface area contributed by atoms with E-state index in [4.69, 9.17) is 0 Å². The summed E-state index contributed by atoms with van der Waals surface area (Å²) in [4.78, 5) is 16.7. The molecular weight excluding hydrogens is 243 g/mol. The highest BCUT2D eigenvalue weighted by molar-refractivity contribution is 6.46. The fraction of sp³-hybridized carbons (Fsp3) is 0.467. The molecule has 0 saturated heterocycles. The summed E-state index contributed by atoms with van der Waals surface area (Å²) in [7, 11) is 0. The second-order valence-corrected chi connectivity index (χ2v) is 5.34. The fourth-order valence-electron chi connectivity index (χ4n) is 2.95. The molecule has 100 valence electrons. The highest BCUT2D eigenvalue weighted by atomic mass is 19.1. The minimum atomic E-state index is -0.481. The molecule has 1 aliphatic carbocycles. The average Bonchev–Trinajstić information content (AvgIpc) is 2.58. The molecule has 1 heterocycles. The van der Waals surface area contributed by atoms with E-state index in [0.29, 0.717) is 5.56 Å². The first-order valence-electron chi connectivity index (χ1n) is 6.87. The molecule has 1 fully saturated rings. The van der Waals surface area contributed by atoms with Crippen molar-refractivity contribution < 1.29 is 9.18 Å². The van der Waals surface area contributed by atoms with Crippen LogP contribution in [0.3, 0.4) is 0 Å². The zero-order valence-corrected chi connectivity index (χ0v) is 10.8. The van der Waals surface area contributed by atoms with Crippen LogP contribution < -0.4 is 5.32 Å². The van der Waals surface area contributed by atoms with Crippen molar-refractivity contribution in [3.05, 3.63) is 35.6 Å². The third-order valence-corrected chi connectivity index (χ3v) is 3.95. The van der Waals surface area contributed by atoms with Crippen LogP contribution in [0.4, 0.5) is 4.39 Å². The van der Waals surface area contributed by atoms with Gasteiger partial charge in [0.05, 0.1) is 0 Å². The molecule has 19 heavy (non-hydrogen) atoms. The number of hydrogen-bond donors (Lipinski definition) is 1. The molecule has 1 amide bonds. The van der Waals surface area contributed by atoms with Crippen molar-refractivity contribution in [1.82, 2.24) is 5.32 Å². The van der Waals surface area contributed by atoms with Gasteiger partial charge in [0.2, 0.25) is 0 Å². The zero-order valence-electron chi connectivity index (χ0n) is 10.8. The molecule has 0 bridgehead atoms. The van der Waals surface area contributed by atoms with Crippen LogP contribution in [0.25, 0.3) is 0 Å². The Bertz CT molecular complexity index is 531. The highest BCUT2D eigenvalue weighted by Gasteiger charge is 2.40. The van der Waals surface area contributed by atoms with Gasteiger partial charge in [-0.25, -0.2) is 4.39 Å². The summed E-state index contributed by atoms with van der Waals surface area (Å²) in [5, 5.41) is 2.98. The van der Waals surface area contributed by atoms with E-state index in [1.165, 1.54) is 18.9 Å².